The molecule has 2 atom stereocenters. The van der Waals surface area contributed by atoms with Gasteiger partial charge in [0.1, 0.15) is 6.04 Å². The molecule has 0 radical (unpaired) electrons. The number of imide groups is 1. The molecule has 0 saturated heterocycles. The average Bonchev–Trinajstić information content (AvgIpc) is 2.32. The normalized spacial score (nSPS) is 13.4. The molecule has 0 aliphatic heterocycles. The Morgan fingerprint density at radius 2 is 1.53 bits per heavy atom. The van der Waals surface area contributed by atoms with Crippen molar-refractivity contribution in [2.75, 3.05) is 0 Å². The van der Waals surface area contributed by atoms with Gasteiger partial charge in [-0.15, -0.1) is 0 Å². The molecule has 0 aliphatic rings. The quantitative estimate of drug-likeness (QED) is 0.322. The van der Waals surface area contributed by atoms with E-state index in [2.05, 4.69) is 0 Å². The molecule has 0 fully saturated rings. The van der Waals surface area contributed by atoms with Crippen LogP contribution in [0, 0.1) is 0 Å². The predicted molar refractivity (Wildman–Crippen MR) is 64.4 cm³/mol. The molecule has 0 unspecified atom stereocenters. The molecule has 0 aromatic carbocycles. The van der Waals surface area contributed by atoms with Crippen LogP contribution in [-0.2, 0) is 19.2 Å². The van der Waals surface area contributed by atoms with E-state index in [9.17, 15) is 19.2 Å². The van der Waals surface area contributed by atoms with Crippen LogP contribution in [0.2, 0.25) is 0 Å². The van der Waals surface area contributed by atoms with Gasteiger partial charge in [-0.05, 0) is 12.8 Å². The number of carbonyl (C=O) groups excluding carboxylic acids is 3. The fourth-order valence-corrected chi connectivity index (χ4v) is 1.13. The van der Waals surface area contributed by atoms with E-state index in [0.29, 0.717) is 0 Å². The summed E-state index contributed by atoms with van der Waals surface area (Å²) >= 11 is 0. The lowest BCUT2D eigenvalue weighted by Gasteiger charge is -2.11. The summed E-state index contributed by atoms with van der Waals surface area (Å²) in [6.45, 7) is 0. The third kappa shape index (κ3) is 7.84. The van der Waals surface area contributed by atoms with Crippen molar-refractivity contribution in [3.63, 3.8) is 0 Å². The second kappa shape index (κ2) is 8.16. The molecule has 0 aromatic heterocycles. The lowest BCUT2D eigenvalue weighted by molar-refractivity contribution is -0.138. The Bertz CT molecular complexity index is 371. The molecule has 0 rings (SSSR count). The van der Waals surface area contributed by atoms with E-state index in [1.165, 1.54) is 0 Å². The maximum atomic E-state index is 11.4. The first kappa shape index (κ1) is 17.0. The average molecular weight is 274 g/mol. The second-order valence-corrected chi connectivity index (χ2v) is 4.01. The number of primary amides is 1. The first-order valence-corrected chi connectivity index (χ1v) is 5.60. The molecular weight excluding hydrogens is 256 g/mol. The molecular formula is C10H18N4O5. The SMILES string of the molecule is NC(=O)CC[C@H](N)C(=O)NC(=O)CC[C@@H](N)C(=O)O. The van der Waals surface area contributed by atoms with Gasteiger partial charge in [-0.25, -0.2) is 0 Å². The van der Waals surface area contributed by atoms with Gasteiger partial charge in [0.15, 0.2) is 0 Å². The highest BCUT2D eigenvalue weighted by Gasteiger charge is 2.18. The summed E-state index contributed by atoms with van der Waals surface area (Å²) < 4.78 is 0. The minimum Gasteiger partial charge on any atom is -0.480 e. The zero-order chi connectivity index (χ0) is 15.0. The Labute approximate surface area is 109 Å². The number of carboxylic acid groups (broad SMARTS) is 1. The number of carboxylic acids is 1. The molecule has 0 heterocycles. The third-order valence-electron chi connectivity index (χ3n) is 2.30. The molecule has 3 amide bonds. The zero-order valence-electron chi connectivity index (χ0n) is 10.3. The monoisotopic (exact) mass is 274 g/mol. The van der Waals surface area contributed by atoms with Gasteiger partial charge in [0.2, 0.25) is 17.7 Å². The second-order valence-electron chi connectivity index (χ2n) is 4.01. The molecule has 9 heteroatoms. The highest BCUT2D eigenvalue weighted by molar-refractivity contribution is 5.97. The van der Waals surface area contributed by atoms with Crippen LogP contribution in [0.25, 0.3) is 0 Å². The molecule has 19 heavy (non-hydrogen) atoms. The van der Waals surface area contributed by atoms with Crippen LogP contribution in [0.3, 0.4) is 0 Å². The topological polar surface area (TPSA) is 179 Å². The number of nitrogens with two attached hydrogens (primary N) is 3. The van der Waals surface area contributed by atoms with E-state index >= 15 is 0 Å². The first-order valence-electron chi connectivity index (χ1n) is 5.60. The number of rotatable bonds is 8. The van der Waals surface area contributed by atoms with E-state index < -0.39 is 35.8 Å². The maximum absolute atomic E-state index is 11.4. The van der Waals surface area contributed by atoms with Crippen LogP contribution >= 0.6 is 0 Å². The summed E-state index contributed by atoms with van der Waals surface area (Å²) in [5.41, 5.74) is 15.5. The Hall–Kier alpha value is -2.00. The molecule has 9 nitrogen and oxygen atoms in total. The molecule has 0 saturated carbocycles. The number of hydrogen-bond acceptors (Lipinski definition) is 6. The highest BCUT2D eigenvalue weighted by Crippen LogP contribution is 1.97. The maximum Gasteiger partial charge on any atom is 0.320 e. The van der Waals surface area contributed by atoms with E-state index in [1.807, 2.05) is 5.32 Å². The van der Waals surface area contributed by atoms with Gasteiger partial charge in [-0.3, -0.25) is 24.5 Å². The largest absolute Gasteiger partial charge is 0.480 e. The predicted octanol–water partition coefficient (Wildman–Crippen LogP) is -2.59. The molecule has 108 valence electrons. The number of nitrogens with one attached hydrogen (secondary N) is 1. The Kier molecular flexibility index (Phi) is 7.30. The third-order valence-corrected chi connectivity index (χ3v) is 2.30. The molecule has 0 bridgehead atoms. The first-order chi connectivity index (χ1) is 8.73. The van der Waals surface area contributed by atoms with Crippen molar-refractivity contribution in [3.05, 3.63) is 0 Å². The zero-order valence-corrected chi connectivity index (χ0v) is 10.3. The van der Waals surface area contributed by atoms with Crippen molar-refractivity contribution in [2.45, 2.75) is 37.8 Å². The van der Waals surface area contributed by atoms with Gasteiger partial charge < -0.3 is 22.3 Å². The lowest BCUT2D eigenvalue weighted by atomic mass is 10.1. The van der Waals surface area contributed by atoms with Crippen molar-refractivity contribution in [2.24, 2.45) is 17.2 Å². The van der Waals surface area contributed by atoms with Gasteiger partial charge in [-0.1, -0.05) is 0 Å². The van der Waals surface area contributed by atoms with Crippen LogP contribution < -0.4 is 22.5 Å². The van der Waals surface area contributed by atoms with Crippen LogP contribution in [0.15, 0.2) is 0 Å². The smallest absolute Gasteiger partial charge is 0.320 e. The van der Waals surface area contributed by atoms with E-state index in [0.717, 1.165) is 0 Å². The van der Waals surface area contributed by atoms with Gasteiger partial charge in [0, 0.05) is 12.8 Å². The Balaban J connectivity index is 4.01. The van der Waals surface area contributed by atoms with Crippen LogP contribution in [0.1, 0.15) is 25.7 Å². The van der Waals surface area contributed by atoms with Gasteiger partial charge >= 0.3 is 5.97 Å². The van der Waals surface area contributed by atoms with Gasteiger partial charge in [-0.2, -0.15) is 0 Å². The summed E-state index contributed by atoms with van der Waals surface area (Å²) in [4.78, 5) is 43.6. The van der Waals surface area contributed by atoms with E-state index in [1.54, 1.807) is 0 Å². The molecule has 8 N–H and O–H groups in total. The van der Waals surface area contributed by atoms with E-state index in [4.69, 9.17) is 22.3 Å². The number of hydrogen-bond donors (Lipinski definition) is 5. The summed E-state index contributed by atoms with van der Waals surface area (Å²) in [7, 11) is 0. The van der Waals surface area contributed by atoms with Crippen molar-refractivity contribution in [1.29, 1.82) is 0 Å². The number of amides is 3. The fourth-order valence-electron chi connectivity index (χ4n) is 1.13. The molecule has 0 aromatic rings. The lowest BCUT2D eigenvalue weighted by Crippen LogP contribution is -2.44. The number of carbonyl (C=O) groups is 4. The summed E-state index contributed by atoms with van der Waals surface area (Å²) in [5.74, 6) is -3.23. The van der Waals surface area contributed by atoms with Gasteiger partial charge in [0.25, 0.3) is 0 Å². The molecule has 0 spiro atoms. The van der Waals surface area contributed by atoms with Crippen molar-refractivity contribution in [3.8, 4) is 0 Å². The summed E-state index contributed by atoms with van der Waals surface area (Å²) in [5, 5.41) is 10.5. The highest BCUT2D eigenvalue weighted by atomic mass is 16.4. The molecule has 0 aliphatic carbocycles. The van der Waals surface area contributed by atoms with Crippen LogP contribution in [0.4, 0.5) is 0 Å². The fraction of sp³-hybridized carbons (Fsp3) is 0.600. The Morgan fingerprint density at radius 3 is 2.00 bits per heavy atom. The van der Waals surface area contributed by atoms with Crippen molar-refractivity contribution in [1.82, 2.24) is 5.32 Å². The standard InChI is InChI=1S/C10H18N4O5/c11-5(1-3-7(13)15)9(17)14-8(16)4-2-6(12)10(18)19/h5-6H,1-4,11-12H2,(H2,13,15)(H,18,19)(H,14,16,17)/t5-,6+/m0/s1. The Morgan fingerprint density at radius 1 is 1.00 bits per heavy atom. The van der Waals surface area contributed by atoms with Crippen LogP contribution in [0.5, 0.6) is 0 Å². The number of aliphatic carboxylic acids is 1. The van der Waals surface area contributed by atoms with Crippen LogP contribution in [-0.4, -0.2) is 40.9 Å². The van der Waals surface area contributed by atoms with Crippen molar-refractivity contribution < 1.29 is 24.3 Å². The van der Waals surface area contributed by atoms with Crippen molar-refractivity contribution >= 4 is 23.7 Å². The van der Waals surface area contributed by atoms with E-state index in [-0.39, 0.29) is 25.7 Å². The minimum atomic E-state index is -1.22. The van der Waals surface area contributed by atoms with Gasteiger partial charge in [0.05, 0.1) is 6.04 Å². The minimum absolute atomic E-state index is 0.0308. The summed E-state index contributed by atoms with van der Waals surface area (Å²) in [6.07, 6.45) is -0.331. The summed E-state index contributed by atoms with van der Waals surface area (Å²) in [6, 6.07) is -2.19.